The average molecular weight is 295 g/mol. The summed E-state index contributed by atoms with van der Waals surface area (Å²) >= 11 is 0. The number of hydrogen-bond acceptors (Lipinski definition) is 3. The van der Waals surface area contributed by atoms with Gasteiger partial charge in [-0.05, 0) is 0 Å². The van der Waals surface area contributed by atoms with Crippen molar-refractivity contribution < 1.29 is 22.2 Å². The predicted molar refractivity (Wildman–Crippen MR) is 75.3 cm³/mol. The van der Waals surface area contributed by atoms with Gasteiger partial charge in [-0.1, -0.05) is 20.8 Å². The van der Waals surface area contributed by atoms with Crippen LogP contribution in [0.4, 0.5) is 0 Å². The molecule has 0 saturated heterocycles. The molecule has 2 N–H and O–H groups in total. The Morgan fingerprint density at radius 3 is 2.16 bits per heavy atom. The molecule has 6 nitrogen and oxygen atoms in total. The van der Waals surface area contributed by atoms with Crippen LogP contribution in [0.3, 0.4) is 0 Å². The van der Waals surface area contributed by atoms with Gasteiger partial charge in [0, 0.05) is 11.8 Å². The molecule has 0 bridgehead atoms. The lowest BCUT2D eigenvalue weighted by atomic mass is 9.96. The number of carbonyl (C=O) groups excluding carboxylic acids is 1. The quantitative estimate of drug-likeness (QED) is 0.529. The number of rotatable bonds is 7. The van der Waals surface area contributed by atoms with Crippen LogP contribution < -0.4 is 5.32 Å². The molecule has 0 aromatic heterocycles. The molecule has 7 heteroatoms. The predicted octanol–water partition coefficient (Wildman–Crippen LogP) is 0.503. The van der Waals surface area contributed by atoms with E-state index in [-0.39, 0.29) is 11.7 Å². The Labute approximate surface area is 116 Å². The fourth-order valence-corrected chi connectivity index (χ4v) is 2.02. The number of amides is 1. The monoisotopic (exact) mass is 295 g/mol. The van der Waals surface area contributed by atoms with Gasteiger partial charge in [0.15, 0.2) is 0 Å². The van der Waals surface area contributed by atoms with Crippen molar-refractivity contribution in [3.05, 3.63) is 0 Å². The molecule has 0 aliphatic rings. The van der Waals surface area contributed by atoms with E-state index in [2.05, 4.69) is 5.32 Å². The third kappa shape index (κ3) is 9.86. The highest BCUT2D eigenvalue weighted by Crippen LogP contribution is 2.12. The van der Waals surface area contributed by atoms with Gasteiger partial charge in [0.2, 0.25) is 5.91 Å². The van der Waals surface area contributed by atoms with Gasteiger partial charge in [-0.3, -0.25) is 9.35 Å². The van der Waals surface area contributed by atoms with Gasteiger partial charge in [0.05, 0.1) is 39.5 Å². The van der Waals surface area contributed by atoms with Gasteiger partial charge < -0.3 is 9.80 Å². The van der Waals surface area contributed by atoms with Crippen LogP contribution in [0, 0.1) is 5.41 Å². The minimum atomic E-state index is -3.88. The van der Waals surface area contributed by atoms with E-state index in [1.807, 2.05) is 34.9 Å². The minimum absolute atomic E-state index is 0.00503. The average Bonchev–Trinajstić information content (AvgIpc) is 2.12. The van der Waals surface area contributed by atoms with Crippen LogP contribution in [0.2, 0.25) is 0 Å². The highest BCUT2D eigenvalue weighted by atomic mass is 32.2. The fraction of sp³-hybridized carbons (Fsp3) is 0.917. The number of nitrogens with zero attached hydrogens (tertiary/aromatic N) is 1. The Bertz CT molecular complexity index is 396. The molecule has 1 amide bonds. The van der Waals surface area contributed by atoms with Crippen LogP contribution in [-0.4, -0.2) is 62.8 Å². The molecule has 0 aliphatic heterocycles. The van der Waals surface area contributed by atoms with Crippen LogP contribution in [0.25, 0.3) is 0 Å². The Morgan fingerprint density at radius 2 is 1.74 bits per heavy atom. The topological polar surface area (TPSA) is 83.5 Å². The minimum Gasteiger partial charge on any atom is -0.350 e. The highest BCUT2D eigenvalue weighted by Gasteiger charge is 2.22. The fourth-order valence-electron chi connectivity index (χ4n) is 1.52. The van der Waals surface area contributed by atoms with E-state index in [0.29, 0.717) is 30.5 Å². The molecule has 0 radical (unpaired) electrons. The zero-order chi connectivity index (χ0) is 15.3. The second kappa shape index (κ2) is 6.67. The molecule has 0 aromatic rings. The molecular weight excluding hydrogens is 268 g/mol. The van der Waals surface area contributed by atoms with Gasteiger partial charge in [0.1, 0.15) is 0 Å². The number of likely N-dealkylation sites (N-methyl/N-ethyl adjacent to an activating group) is 1. The molecule has 0 spiro atoms. The van der Waals surface area contributed by atoms with Crippen molar-refractivity contribution in [2.75, 3.05) is 39.5 Å². The Hall–Kier alpha value is -0.660. The second-order valence-electron chi connectivity index (χ2n) is 6.53. The summed E-state index contributed by atoms with van der Waals surface area (Å²) in [4.78, 5) is 11.7. The van der Waals surface area contributed by atoms with Crippen molar-refractivity contribution in [3.63, 3.8) is 0 Å². The molecule has 0 atom stereocenters. The highest BCUT2D eigenvalue weighted by molar-refractivity contribution is 7.85. The first-order chi connectivity index (χ1) is 8.33. The first kappa shape index (κ1) is 18.3. The summed E-state index contributed by atoms with van der Waals surface area (Å²) in [6.45, 7) is 7.46. The third-order valence-electron chi connectivity index (χ3n) is 2.85. The zero-order valence-electron chi connectivity index (χ0n) is 12.6. The second-order valence-corrected chi connectivity index (χ2v) is 8.10. The van der Waals surface area contributed by atoms with Crippen molar-refractivity contribution in [3.8, 4) is 0 Å². The van der Waals surface area contributed by atoms with E-state index in [9.17, 15) is 13.2 Å². The van der Waals surface area contributed by atoms with Gasteiger partial charge in [-0.15, -0.1) is 0 Å². The van der Waals surface area contributed by atoms with Crippen LogP contribution in [0.1, 0.15) is 27.2 Å². The number of hydrogen-bond donors (Lipinski definition) is 2. The molecule has 0 aliphatic carbocycles. The van der Waals surface area contributed by atoms with Crippen molar-refractivity contribution in [2.45, 2.75) is 27.2 Å². The normalized spacial score (nSPS) is 13.4. The third-order valence-corrected chi connectivity index (χ3v) is 3.65. The van der Waals surface area contributed by atoms with Crippen molar-refractivity contribution in [1.82, 2.24) is 5.32 Å². The summed E-state index contributed by atoms with van der Waals surface area (Å²) in [5, 5.41) is 2.86. The number of nitrogens with one attached hydrogen (secondary N) is 1. The molecular formula is C12H27N2O4S+. The zero-order valence-corrected chi connectivity index (χ0v) is 13.4. The molecule has 0 fully saturated rings. The van der Waals surface area contributed by atoms with E-state index in [4.69, 9.17) is 4.55 Å². The first-order valence-corrected chi connectivity index (χ1v) is 8.00. The molecule has 0 heterocycles. The number of quaternary nitrogens is 1. The van der Waals surface area contributed by atoms with E-state index < -0.39 is 15.5 Å². The standard InChI is InChI=1S/C12H26N2O4S/c1-12(2,3)11(15)13-7-9-14(4,5)8-6-10-19(16,17)18/h6-10H2,1-5H3,(H-,13,15,16,17,18)/p+1. The van der Waals surface area contributed by atoms with Crippen molar-refractivity contribution in [2.24, 2.45) is 5.41 Å². The number of carbonyl (C=O) groups is 1. The van der Waals surface area contributed by atoms with Crippen LogP contribution in [0.15, 0.2) is 0 Å². The Balaban J connectivity index is 4.01. The maximum atomic E-state index is 11.7. The first-order valence-electron chi connectivity index (χ1n) is 6.39. The van der Waals surface area contributed by atoms with E-state index in [0.717, 1.165) is 0 Å². The molecule has 0 aromatic carbocycles. The summed E-state index contributed by atoms with van der Waals surface area (Å²) in [5.74, 6) is -0.214. The van der Waals surface area contributed by atoms with Crippen molar-refractivity contribution in [1.29, 1.82) is 0 Å². The molecule has 0 rings (SSSR count). The summed E-state index contributed by atoms with van der Waals surface area (Å²) in [6.07, 6.45) is 0.402. The van der Waals surface area contributed by atoms with Crippen LogP contribution in [-0.2, 0) is 14.9 Å². The largest absolute Gasteiger partial charge is 0.350 e. The van der Waals surface area contributed by atoms with Crippen molar-refractivity contribution >= 4 is 16.0 Å². The van der Waals surface area contributed by atoms with Crippen LogP contribution >= 0.6 is 0 Å². The lowest BCUT2D eigenvalue weighted by Gasteiger charge is -2.30. The lowest BCUT2D eigenvalue weighted by Crippen LogP contribution is -2.47. The van der Waals surface area contributed by atoms with E-state index in [1.165, 1.54) is 0 Å². The summed E-state index contributed by atoms with van der Waals surface area (Å²) in [7, 11) is 0.0514. The van der Waals surface area contributed by atoms with Gasteiger partial charge >= 0.3 is 0 Å². The van der Waals surface area contributed by atoms with Gasteiger partial charge in [0.25, 0.3) is 10.1 Å². The molecule has 0 saturated carbocycles. The van der Waals surface area contributed by atoms with E-state index >= 15 is 0 Å². The van der Waals surface area contributed by atoms with E-state index in [1.54, 1.807) is 0 Å². The maximum absolute atomic E-state index is 11.7. The Kier molecular flexibility index (Phi) is 6.44. The smallest absolute Gasteiger partial charge is 0.265 e. The molecule has 114 valence electrons. The summed E-state index contributed by atoms with van der Waals surface area (Å²) < 4.78 is 30.5. The lowest BCUT2D eigenvalue weighted by molar-refractivity contribution is -0.889. The Morgan fingerprint density at radius 1 is 1.21 bits per heavy atom. The summed E-state index contributed by atoms with van der Waals surface area (Å²) in [5.41, 5.74) is -0.401. The molecule has 19 heavy (non-hydrogen) atoms. The maximum Gasteiger partial charge on any atom is 0.265 e. The van der Waals surface area contributed by atoms with Gasteiger partial charge in [-0.2, -0.15) is 8.42 Å². The van der Waals surface area contributed by atoms with Crippen LogP contribution in [0.5, 0.6) is 0 Å². The van der Waals surface area contributed by atoms with Gasteiger partial charge in [-0.25, -0.2) is 0 Å². The molecule has 0 unspecified atom stereocenters. The summed E-state index contributed by atoms with van der Waals surface area (Å²) in [6, 6.07) is 0. The SMILES string of the molecule is CC(C)(C)C(=O)NCC[N+](C)(C)CCCS(=O)(=O)O.